The third-order valence-electron chi connectivity index (χ3n) is 3.36. The Balaban J connectivity index is 1.95. The lowest BCUT2D eigenvalue weighted by atomic mass is 9.91. The number of benzene rings is 2. The minimum Gasteiger partial charge on any atom is -0.508 e. The highest BCUT2D eigenvalue weighted by molar-refractivity contribution is 6.23. The lowest BCUT2D eigenvalue weighted by molar-refractivity contribution is -0.121. The van der Waals surface area contributed by atoms with Gasteiger partial charge in [-0.15, -0.1) is 0 Å². The van der Waals surface area contributed by atoms with Crippen LogP contribution in [0.5, 0.6) is 5.75 Å². The molecular formula is C16H13ClN2O2. The fourth-order valence-corrected chi connectivity index (χ4v) is 2.65. The maximum atomic E-state index is 12.1. The van der Waals surface area contributed by atoms with Crippen LogP contribution in [0, 0.1) is 0 Å². The maximum Gasteiger partial charge on any atom is 0.234 e. The summed E-state index contributed by atoms with van der Waals surface area (Å²) in [4.78, 5) is 16.4. The summed E-state index contributed by atoms with van der Waals surface area (Å²) in [5.41, 5.74) is 1.81. The van der Waals surface area contributed by atoms with E-state index in [1.54, 1.807) is 24.4 Å². The normalized spacial score (nSPS) is 21.1. The maximum absolute atomic E-state index is 12.1. The van der Waals surface area contributed by atoms with Crippen molar-refractivity contribution in [2.45, 2.75) is 11.4 Å². The Labute approximate surface area is 127 Å². The second-order valence-corrected chi connectivity index (χ2v) is 5.21. The van der Waals surface area contributed by atoms with E-state index in [4.69, 9.17) is 11.6 Å². The molecule has 0 bridgehead atoms. The summed E-state index contributed by atoms with van der Waals surface area (Å²) in [5, 5.41) is 12.1. The van der Waals surface area contributed by atoms with Crippen molar-refractivity contribution in [3.8, 4) is 5.75 Å². The number of nitrogens with one attached hydrogen (secondary N) is 1. The van der Waals surface area contributed by atoms with Crippen molar-refractivity contribution >= 4 is 29.4 Å². The molecule has 2 aromatic rings. The molecule has 0 spiro atoms. The number of hydrogen-bond acceptors (Lipinski definition) is 3. The fraction of sp³-hybridized carbons (Fsp3) is 0.125. The monoisotopic (exact) mass is 300 g/mol. The van der Waals surface area contributed by atoms with Crippen molar-refractivity contribution in [1.29, 1.82) is 0 Å². The van der Waals surface area contributed by atoms with Crippen LogP contribution < -0.4 is 5.32 Å². The third kappa shape index (κ3) is 2.76. The summed E-state index contributed by atoms with van der Waals surface area (Å²) in [6.45, 7) is 0. The summed E-state index contributed by atoms with van der Waals surface area (Å²) in [6.07, 6.45) is 1.58. The fourth-order valence-electron chi connectivity index (χ4n) is 2.34. The Morgan fingerprint density at radius 2 is 1.90 bits per heavy atom. The number of amides is 1. The molecule has 21 heavy (non-hydrogen) atoms. The molecule has 106 valence electrons. The number of phenols is 1. The zero-order valence-corrected chi connectivity index (χ0v) is 11.8. The van der Waals surface area contributed by atoms with Crippen LogP contribution in [0.3, 0.4) is 0 Å². The van der Waals surface area contributed by atoms with Crippen LogP contribution in [-0.4, -0.2) is 17.2 Å². The molecule has 2 N–H and O–H groups in total. The molecule has 1 aliphatic heterocycles. The molecule has 2 unspecified atom stereocenters. The molecule has 0 fully saturated rings. The quantitative estimate of drug-likeness (QED) is 0.508. The Kier molecular flexibility index (Phi) is 3.62. The molecule has 1 aliphatic rings. The number of carbonyl (C=O) groups excluding carboxylic acids is 1. The van der Waals surface area contributed by atoms with Gasteiger partial charge in [0, 0.05) is 12.3 Å². The van der Waals surface area contributed by atoms with Gasteiger partial charge in [0.1, 0.15) is 11.3 Å². The van der Waals surface area contributed by atoms with Crippen molar-refractivity contribution in [2.75, 3.05) is 0 Å². The molecule has 1 amide bonds. The van der Waals surface area contributed by atoms with E-state index >= 15 is 0 Å². The summed E-state index contributed by atoms with van der Waals surface area (Å²) in [6, 6.07) is 14.1. The zero-order valence-electron chi connectivity index (χ0n) is 11.0. The summed E-state index contributed by atoms with van der Waals surface area (Å²) >= 11 is 6.14. The Morgan fingerprint density at radius 1 is 1.14 bits per heavy atom. The van der Waals surface area contributed by atoms with E-state index in [1.165, 1.54) is 6.07 Å². The van der Waals surface area contributed by atoms with Gasteiger partial charge < -0.3 is 10.4 Å². The van der Waals surface area contributed by atoms with Gasteiger partial charge in [-0.1, -0.05) is 41.9 Å². The lowest BCUT2D eigenvalue weighted by Crippen LogP contribution is -2.37. The van der Waals surface area contributed by atoms with Crippen LogP contribution in [0.4, 0.5) is 5.69 Å². The molecule has 0 saturated heterocycles. The number of aromatic hydroxyl groups is 1. The van der Waals surface area contributed by atoms with Gasteiger partial charge in [-0.25, -0.2) is 0 Å². The predicted octanol–water partition coefficient (Wildman–Crippen LogP) is 3.25. The highest BCUT2D eigenvalue weighted by Crippen LogP contribution is 2.32. The predicted molar refractivity (Wildman–Crippen MR) is 82.2 cm³/mol. The molecule has 1 heterocycles. The van der Waals surface area contributed by atoms with Crippen LogP contribution in [0.25, 0.3) is 0 Å². The van der Waals surface area contributed by atoms with Crippen molar-refractivity contribution in [1.82, 2.24) is 5.32 Å². The second-order valence-electron chi connectivity index (χ2n) is 4.78. The number of fused-ring (bicyclic) bond motifs is 1. The van der Waals surface area contributed by atoms with E-state index < -0.39 is 11.4 Å². The van der Waals surface area contributed by atoms with Crippen LogP contribution in [-0.2, 0) is 4.79 Å². The van der Waals surface area contributed by atoms with Gasteiger partial charge in [0.25, 0.3) is 0 Å². The third-order valence-corrected chi connectivity index (χ3v) is 3.70. The van der Waals surface area contributed by atoms with E-state index in [2.05, 4.69) is 10.3 Å². The topological polar surface area (TPSA) is 61.7 Å². The number of rotatable bonds is 2. The molecule has 0 aromatic heterocycles. The number of halogens is 1. The van der Waals surface area contributed by atoms with Gasteiger partial charge in [0.2, 0.25) is 5.91 Å². The number of hydrogen-bond donors (Lipinski definition) is 2. The Hall–Kier alpha value is -2.33. The lowest BCUT2D eigenvalue weighted by Gasteiger charge is -2.26. The van der Waals surface area contributed by atoms with Crippen molar-refractivity contribution in [3.05, 3.63) is 59.7 Å². The van der Waals surface area contributed by atoms with Gasteiger partial charge >= 0.3 is 0 Å². The molecule has 0 radical (unpaired) electrons. The van der Waals surface area contributed by atoms with E-state index in [9.17, 15) is 9.90 Å². The second kappa shape index (κ2) is 5.58. The molecule has 2 atom stereocenters. The highest BCUT2D eigenvalue weighted by Gasteiger charge is 2.30. The van der Waals surface area contributed by atoms with Crippen LogP contribution >= 0.6 is 11.6 Å². The molecule has 0 saturated carbocycles. The molecule has 3 rings (SSSR count). The Morgan fingerprint density at radius 3 is 2.67 bits per heavy atom. The first-order valence-corrected chi connectivity index (χ1v) is 6.95. The van der Waals surface area contributed by atoms with Crippen LogP contribution in [0.15, 0.2) is 53.5 Å². The smallest absolute Gasteiger partial charge is 0.234 e. The largest absolute Gasteiger partial charge is 0.508 e. The van der Waals surface area contributed by atoms with Crippen molar-refractivity contribution < 1.29 is 9.90 Å². The number of aliphatic imine (C=N–C) groups is 1. The first kappa shape index (κ1) is 13.6. The SMILES string of the molecule is O=C1NC(Cl)c2ccccc2C1C=Nc1cccc(O)c1. The number of carbonyl (C=O) groups is 1. The van der Waals surface area contributed by atoms with Gasteiger partial charge in [0.05, 0.1) is 11.6 Å². The number of alkyl halides is 1. The summed E-state index contributed by atoms with van der Waals surface area (Å²) in [5.74, 6) is -0.532. The minimum absolute atomic E-state index is 0.138. The van der Waals surface area contributed by atoms with Crippen molar-refractivity contribution in [2.24, 2.45) is 4.99 Å². The van der Waals surface area contributed by atoms with Gasteiger partial charge in [-0.3, -0.25) is 9.79 Å². The molecule has 4 nitrogen and oxygen atoms in total. The van der Waals surface area contributed by atoms with Crippen LogP contribution in [0.1, 0.15) is 22.5 Å². The minimum atomic E-state index is -0.515. The molecule has 2 aromatic carbocycles. The molecular weight excluding hydrogens is 288 g/mol. The zero-order chi connectivity index (χ0) is 14.8. The summed E-state index contributed by atoms with van der Waals surface area (Å²) < 4.78 is 0. The Bertz CT molecular complexity index is 715. The molecule has 0 aliphatic carbocycles. The van der Waals surface area contributed by atoms with E-state index in [1.807, 2.05) is 24.3 Å². The van der Waals surface area contributed by atoms with Gasteiger partial charge in [-0.2, -0.15) is 0 Å². The van der Waals surface area contributed by atoms with E-state index in [0.717, 1.165) is 11.1 Å². The first-order valence-electron chi connectivity index (χ1n) is 6.51. The van der Waals surface area contributed by atoms with Gasteiger partial charge in [-0.05, 0) is 23.3 Å². The van der Waals surface area contributed by atoms with Crippen molar-refractivity contribution in [3.63, 3.8) is 0 Å². The number of phenolic OH excluding ortho intramolecular Hbond substituents is 1. The average Bonchev–Trinajstić information content (AvgIpc) is 2.47. The molecule has 5 heteroatoms. The summed E-state index contributed by atoms with van der Waals surface area (Å²) in [7, 11) is 0. The standard InChI is InChI=1S/C16H13ClN2O2/c17-15-13-7-2-1-6-12(13)14(16(21)19-15)9-18-10-4-3-5-11(20)8-10/h1-9,14-15,20H,(H,19,21). The van der Waals surface area contributed by atoms with E-state index in [0.29, 0.717) is 5.69 Å². The average molecular weight is 301 g/mol. The van der Waals surface area contributed by atoms with Crippen LogP contribution in [0.2, 0.25) is 0 Å². The van der Waals surface area contributed by atoms with E-state index in [-0.39, 0.29) is 11.7 Å². The first-order chi connectivity index (χ1) is 10.1. The number of nitrogens with zero attached hydrogens (tertiary/aromatic N) is 1. The van der Waals surface area contributed by atoms with Gasteiger partial charge in [0.15, 0.2) is 0 Å². The highest BCUT2D eigenvalue weighted by atomic mass is 35.5.